The first-order chi connectivity index (χ1) is 10.2. The first kappa shape index (κ1) is 15.3. The molecule has 0 atom stereocenters. The molecule has 2 rings (SSSR count). The quantitative estimate of drug-likeness (QED) is 0.817. The Bertz CT molecular complexity index is 643. The molecule has 0 amide bonds. The number of anilines is 1. The number of nitriles is 1. The Hall–Kier alpha value is -2.12. The van der Waals surface area contributed by atoms with Crippen LogP contribution in [0.5, 0.6) is 0 Å². The Balaban J connectivity index is 2.51. The van der Waals surface area contributed by atoms with E-state index in [-0.39, 0.29) is 0 Å². The summed E-state index contributed by atoms with van der Waals surface area (Å²) in [6, 6.07) is 10.3. The zero-order chi connectivity index (χ0) is 15.2. The Kier molecular flexibility index (Phi) is 5.13. The number of pyridine rings is 1. The number of benzene rings is 1. The lowest BCUT2D eigenvalue weighted by Gasteiger charge is -2.28. The lowest BCUT2D eigenvalue weighted by Crippen LogP contribution is -2.33. The van der Waals surface area contributed by atoms with E-state index in [9.17, 15) is 5.26 Å². The minimum atomic E-state index is 0.654. The van der Waals surface area contributed by atoms with E-state index in [1.165, 1.54) is 0 Å². The van der Waals surface area contributed by atoms with E-state index >= 15 is 0 Å². The first-order valence-corrected chi connectivity index (χ1v) is 7.35. The van der Waals surface area contributed by atoms with Crippen molar-refractivity contribution >= 4 is 16.6 Å². The highest BCUT2D eigenvalue weighted by Crippen LogP contribution is 2.29. The molecule has 1 aromatic heterocycles. The van der Waals surface area contributed by atoms with Gasteiger partial charge in [-0.2, -0.15) is 5.26 Å². The predicted molar refractivity (Wildman–Crippen MR) is 87.5 cm³/mol. The molecule has 1 heterocycles. The van der Waals surface area contributed by atoms with Crippen molar-refractivity contribution in [3.8, 4) is 6.07 Å². The van der Waals surface area contributed by atoms with Crippen molar-refractivity contribution in [2.24, 2.45) is 0 Å². The SMILES string of the molecule is CCCN(CCN(C)C)c1c(C#N)cnc2ccccc12. The molecule has 0 fully saturated rings. The fourth-order valence-corrected chi connectivity index (χ4v) is 2.48. The molecular weight excluding hydrogens is 260 g/mol. The molecule has 0 spiro atoms. The second kappa shape index (κ2) is 7.05. The zero-order valence-electron chi connectivity index (χ0n) is 13.0. The van der Waals surface area contributed by atoms with Gasteiger partial charge in [0.2, 0.25) is 0 Å². The highest BCUT2D eigenvalue weighted by Gasteiger charge is 2.15. The summed E-state index contributed by atoms with van der Waals surface area (Å²) in [7, 11) is 4.14. The fraction of sp³-hybridized carbons (Fsp3) is 0.412. The molecule has 0 N–H and O–H groups in total. The van der Waals surface area contributed by atoms with Gasteiger partial charge in [-0.1, -0.05) is 25.1 Å². The third kappa shape index (κ3) is 3.50. The number of hydrogen-bond acceptors (Lipinski definition) is 4. The Morgan fingerprint density at radius 3 is 2.57 bits per heavy atom. The molecule has 4 heteroatoms. The average molecular weight is 282 g/mol. The first-order valence-electron chi connectivity index (χ1n) is 7.35. The van der Waals surface area contributed by atoms with Crippen LogP contribution in [0.3, 0.4) is 0 Å². The van der Waals surface area contributed by atoms with Gasteiger partial charge in [0, 0.05) is 31.2 Å². The van der Waals surface area contributed by atoms with Crippen molar-refractivity contribution in [2.45, 2.75) is 13.3 Å². The van der Waals surface area contributed by atoms with Gasteiger partial charge in [-0.25, -0.2) is 0 Å². The normalized spacial score (nSPS) is 10.8. The van der Waals surface area contributed by atoms with E-state index in [2.05, 4.69) is 47.9 Å². The molecule has 0 saturated carbocycles. The standard InChI is InChI=1S/C17H22N4/c1-4-9-21(11-10-20(2)3)17-14(12-18)13-19-16-8-6-5-7-15(16)17/h5-8,13H,4,9-11H2,1-3H3. The molecule has 0 radical (unpaired) electrons. The molecule has 0 unspecified atom stereocenters. The minimum Gasteiger partial charge on any atom is -0.369 e. The summed E-state index contributed by atoms with van der Waals surface area (Å²) in [5, 5.41) is 10.5. The molecule has 0 aliphatic carbocycles. The maximum atomic E-state index is 9.45. The molecule has 2 aromatic rings. The molecule has 0 aliphatic rings. The maximum absolute atomic E-state index is 9.45. The number of hydrogen-bond donors (Lipinski definition) is 0. The van der Waals surface area contributed by atoms with E-state index in [1.54, 1.807) is 6.20 Å². The number of fused-ring (bicyclic) bond motifs is 1. The van der Waals surface area contributed by atoms with Crippen LogP contribution in [0.1, 0.15) is 18.9 Å². The second-order valence-electron chi connectivity index (χ2n) is 5.44. The molecular formula is C17H22N4. The van der Waals surface area contributed by atoms with Gasteiger partial charge >= 0.3 is 0 Å². The molecule has 0 bridgehead atoms. The zero-order valence-corrected chi connectivity index (χ0v) is 13.0. The van der Waals surface area contributed by atoms with Crippen LogP contribution < -0.4 is 4.90 Å². The third-order valence-corrected chi connectivity index (χ3v) is 3.49. The van der Waals surface area contributed by atoms with Crippen LogP contribution in [0.4, 0.5) is 5.69 Å². The van der Waals surface area contributed by atoms with E-state index in [0.29, 0.717) is 5.56 Å². The topological polar surface area (TPSA) is 43.2 Å². The van der Waals surface area contributed by atoms with Gasteiger partial charge in [0.1, 0.15) is 6.07 Å². The van der Waals surface area contributed by atoms with Gasteiger partial charge in [-0.05, 0) is 26.6 Å². The van der Waals surface area contributed by atoms with E-state index < -0.39 is 0 Å². The molecule has 110 valence electrons. The van der Waals surface area contributed by atoms with Gasteiger partial charge in [-0.15, -0.1) is 0 Å². The summed E-state index contributed by atoms with van der Waals surface area (Å²) < 4.78 is 0. The molecule has 0 aliphatic heterocycles. The van der Waals surface area contributed by atoms with Crippen LogP contribution in [0.15, 0.2) is 30.5 Å². The van der Waals surface area contributed by atoms with Gasteiger partial charge in [0.25, 0.3) is 0 Å². The summed E-state index contributed by atoms with van der Waals surface area (Å²) in [6.07, 6.45) is 2.74. The Labute approximate surface area is 126 Å². The van der Waals surface area contributed by atoms with Crippen molar-refractivity contribution < 1.29 is 0 Å². The summed E-state index contributed by atoms with van der Waals surface area (Å²) in [5.41, 5.74) is 2.62. The molecule has 0 saturated heterocycles. The fourth-order valence-electron chi connectivity index (χ4n) is 2.48. The van der Waals surface area contributed by atoms with E-state index in [1.807, 2.05) is 18.2 Å². The number of rotatable bonds is 6. The third-order valence-electron chi connectivity index (χ3n) is 3.49. The second-order valence-corrected chi connectivity index (χ2v) is 5.44. The Morgan fingerprint density at radius 1 is 1.14 bits per heavy atom. The molecule has 1 aromatic carbocycles. The largest absolute Gasteiger partial charge is 0.369 e. The highest BCUT2D eigenvalue weighted by molar-refractivity contribution is 5.94. The molecule has 4 nitrogen and oxygen atoms in total. The monoisotopic (exact) mass is 282 g/mol. The average Bonchev–Trinajstić information content (AvgIpc) is 2.50. The van der Waals surface area contributed by atoms with Gasteiger partial charge < -0.3 is 9.80 Å². The van der Waals surface area contributed by atoms with Crippen LogP contribution in [0.25, 0.3) is 10.9 Å². The number of para-hydroxylation sites is 1. The summed E-state index contributed by atoms with van der Waals surface area (Å²) >= 11 is 0. The van der Waals surface area contributed by atoms with Crippen LogP contribution in [-0.4, -0.2) is 43.6 Å². The van der Waals surface area contributed by atoms with Crippen molar-refractivity contribution in [3.63, 3.8) is 0 Å². The van der Waals surface area contributed by atoms with Crippen molar-refractivity contribution in [2.75, 3.05) is 38.6 Å². The lowest BCUT2D eigenvalue weighted by atomic mass is 10.1. The van der Waals surface area contributed by atoms with Gasteiger partial charge in [0.05, 0.1) is 16.8 Å². The van der Waals surface area contributed by atoms with E-state index in [0.717, 1.165) is 42.6 Å². The lowest BCUT2D eigenvalue weighted by molar-refractivity contribution is 0.413. The highest BCUT2D eigenvalue weighted by atomic mass is 15.2. The smallest absolute Gasteiger partial charge is 0.103 e. The van der Waals surface area contributed by atoms with Crippen LogP contribution >= 0.6 is 0 Å². The van der Waals surface area contributed by atoms with Crippen LogP contribution in [0, 0.1) is 11.3 Å². The molecule has 21 heavy (non-hydrogen) atoms. The van der Waals surface area contributed by atoms with Crippen LogP contribution in [0.2, 0.25) is 0 Å². The van der Waals surface area contributed by atoms with E-state index in [4.69, 9.17) is 0 Å². The number of aromatic nitrogens is 1. The maximum Gasteiger partial charge on any atom is 0.103 e. The number of nitrogens with zero attached hydrogens (tertiary/aromatic N) is 4. The Morgan fingerprint density at radius 2 is 1.90 bits per heavy atom. The van der Waals surface area contributed by atoms with Gasteiger partial charge in [0.15, 0.2) is 0 Å². The summed E-state index contributed by atoms with van der Waals surface area (Å²) in [5.74, 6) is 0. The van der Waals surface area contributed by atoms with Crippen molar-refractivity contribution in [1.29, 1.82) is 5.26 Å². The van der Waals surface area contributed by atoms with Crippen molar-refractivity contribution in [3.05, 3.63) is 36.0 Å². The number of likely N-dealkylation sites (N-methyl/N-ethyl adjacent to an activating group) is 1. The van der Waals surface area contributed by atoms with Crippen molar-refractivity contribution in [1.82, 2.24) is 9.88 Å². The summed E-state index contributed by atoms with van der Waals surface area (Å²) in [4.78, 5) is 8.86. The minimum absolute atomic E-state index is 0.654. The van der Waals surface area contributed by atoms with Crippen LogP contribution in [-0.2, 0) is 0 Å². The predicted octanol–water partition coefficient (Wildman–Crippen LogP) is 2.88. The summed E-state index contributed by atoms with van der Waals surface area (Å²) in [6.45, 7) is 4.97. The van der Waals surface area contributed by atoms with Gasteiger partial charge in [-0.3, -0.25) is 4.98 Å².